The van der Waals surface area contributed by atoms with Gasteiger partial charge in [0.25, 0.3) is 0 Å². The Morgan fingerprint density at radius 2 is 1.43 bits per heavy atom. The Morgan fingerprint density at radius 1 is 0.900 bits per heavy atom. The van der Waals surface area contributed by atoms with Gasteiger partial charge in [0.05, 0.1) is 0 Å². The van der Waals surface area contributed by atoms with E-state index in [4.69, 9.17) is 4.74 Å². The SMILES string of the molecule is C[C@H](c1ccccc1)[C@@H](NC(=O)OCC1c2ccccc2-c2ccccc21)C(=O)O. The van der Waals surface area contributed by atoms with Gasteiger partial charge in [0.15, 0.2) is 0 Å². The first-order chi connectivity index (χ1) is 14.6. The molecule has 30 heavy (non-hydrogen) atoms. The van der Waals surface area contributed by atoms with Crippen molar-refractivity contribution in [3.05, 3.63) is 95.6 Å². The average molecular weight is 401 g/mol. The summed E-state index contributed by atoms with van der Waals surface area (Å²) in [5.74, 6) is -1.57. The quantitative estimate of drug-likeness (QED) is 0.623. The number of carboxylic acid groups (broad SMARTS) is 1. The number of carboxylic acids is 1. The Balaban J connectivity index is 1.46. The van der Waals surface area contributed by atoms with E-state index in [1.54, 1.807) is 6.92 Å². The third-order valence-electron chi connectivity index (χ3n) is 5.71. The third-order valence-corrected chi connectivity index (χ3v) is 5.71. The Hall–Kier alpha value is -3.60. The molecule has 0 fully saturated rings. The normalized spacial score (nSPS) is 14.3. The van der Waals surface area contributed by atoms with E-state index in [0.717, 1.165) is 27.8 Å². The number of hydrogen-bond donors (Lipinski definition) is 2. The maximum atomic E-state index is 12.5. The lowest BCUT2D eigenvalue weighted by molar-refractivity contribution is -0.139. The molecule has 1 aliphatic rings. The molecule has 5 heteroatoms. The molecule has 3 aromatic carbocycles. The van der Waals surface area contributed by atoms with Gasteiger partial charge in [-0.3, -0.25) is 0 Å². The number of alkyl carbamates (subject to hydrolysis) is 1. The van der Waals surface area contributed by atoms with E-state index in [-0.39, 0.29) is 12.5 Å². The smallest absolute Gasteiger partial charge is 0.407 e. The molecule has 1 amide bonds. The molecule has 152 valence electrons. The lowest BCUT2D eigenvalue weighted by atomic mass is 9.93. The number of aliphatic carboxylic acids is 1. The second-order valence-corrected chi connectivity index (χ2v) is 7.49. The number of amides is 1. The zero-order valence-corrected chi connectivity index (χ0v) is 16.6. The molecule has 0 unspecified atom stereocenters. The number of carbonyl (C=O) groups is 2. The van der Waals surface area contributed by atoms with Crippen molar-refractivity contribution in [1.29, 1.82) is 0 Å². The molecule has 0 aromatic heterocycles. The molecule has 0 spiro atoms. The fourth-order valence-electron chi connectivity index (χ4n) is 4.12. The van der Waals surface area contributed by atoms with Gasteiger partial charge >= 0.3 is 12.1 Å². The number of nitrogens with one attached hydrogen (secondary N) is 1. The summed E-state index contributed by atoms with van der Waals surface area (Å²) in [4.78, 5) is 24.2. The molecular formula is C25H23NO4. The van der Waals surface area contributed by atoms with Crippen LogP contribution in [0.3, 0.4) is 0 Å². The van der Waals surface area contributed by atoms with Crippen LogP contribution in [0, 0.1) is 0 Å². The van der Waals surface area contributed by atoms with Crippen LogP contribution in [0.25, 0.3) is 11.1 Å². The molecule has 2 atom stereocenters. The predicted octanol–water partition coefficient (Wildman–Crippen LogP) is 4.78. The summed E-state index contributed by atoms with van der Waals surface area (Å²) in [6.45, 7) is 1.92. The summed E-state index contributed by atoms with van der Waals surface area (Å²) in [5.41, 5.74) is 5.34. The molecule has 3 aromatic rings. The molecule has 4 rings (SSSR count). The highest BCUT2D eigenvalue weighted by atomic mass is 16.5. The van der Waals surface area contributed by atoms with Crippen LogP contribution in [0.1, 0.15) is 35.4 Å². The first kappa shape index (κ1) is 19.7. The van der Waals surface area contributed by atoms with E-state index in [1.165, 1.54) is 0 Å². The molecular weight excluding hydrogens is 378 g/mol. The van der Waals surface area contributed by atoms with Crippen molar-refractivity contribution in [1.82, 2.24) is 5.32 Å². The highest BCUT2D eigenvalue weighted by molar-refractivity contribution is 5.81. The maximum Gasteiger partial charge on any atom is 0.407 e. The van der Waals surface area contributed by atoms with E-state index < -0.39 is 24.0 Å². The van der Waals surface area contributed by atoms with Gasteiger partial charge in [0.2, 0.25) is 0 Å². The van der Waals surface area contributed by atoms with Crippen LogP contribution in [0.2, 0.25) is 0 Å². The number of rotatable bonds is 6. The summed E-state index contributed by atoms with van der Waals surface area (Å²) in [7, 11) is 0. The second-order valence-electron chi connectivity index (χ2n) is 7.49. The van der Waals surface area contributed by atoms with Gasteiger partial charge in [-0.05, 0) is 27.8 Å². The van der Waals surface area contributed by atoms with E-state index in [1.807, 2.05) is 66.7 Å². The fraction of sp³-hybridized carbons (Fsp3) is 0.200. The zero-order valence-electron chi connectivity index (χ0n) is 16.6. The van der Waals surface area contributed by atoms with Crippen LogP contribution in [0.5, 0.6) is 0 Å². The largest absolute Gasteiger partial charge is 0.480 e. The maximum absolute atomic E-state index is 12.5. The summed E-state index contributed by atoms with van der Waals surface area (Å²) in [6.07, 6.45) is -0.730. The second kappa shape index (κ2) is 8.41. The van der Waals surface area contributed by atoms with Gasteiger partial charge < -0.3 is 15.2 Å². The predicted molar refractivity (Wildman–Crippen MR) is 114 cm³/mol. The molecule has 0 radical (unpaired) electrons. The van der Waals surface area contributed by atoms with Gasteiger partial charge in [-0.15, -0.1) is 0 Å². The molecule has 5 nitrogen and oxygen atoms in total. The van der Waals surface area contributed by atoms with E-state index in [9.17, 15) is 14.7 Å². The number of carbonyl (C=O) groups excluding carboxylic acids is 1. The lowest BCUT2D eigenvalue weighted by Gasteiger charge is -2.22. The van der Waals surface area contributed by atoms with E-state index in [0.29, 0.717) is 0 Å². The number of ether oxygens (including phenoxy) is 1. The van der Waals surface area contributed by atoms with Crippen LogP contribution in [-0.2, 0) is 9.53 Å². The molecule has 0 saturated carbocycles. The Bertz CT molecular complexity index is 1020. The van der Waals surface area contributed by atoms with Crippen LogP contribution < -0.4 is 5.32 Å². The van der Waals surface area contributed by atoms with Gasteiger partial charge in [-0.1, -0.05) is 85.8 Å². The van der Waals surface area contributed by atoms with E-state index in [2.05, 4.69) is 17.4 Å². The Labute approximate surface area is 175 Å². The average Bonchev–Trinajstić information content (AvgIpc) is 3.10. The summed E-state index contributed by atoms with van der Waals surface area (Å²) in [5, 5.41) is 12.1. The highest BCUT2D eigenvalue weighted by Crippen LogP contribution is 2.44. The van der Waals surface area contributed by atoms with Crippen molar-refractivity contribution >= 4 is 12.1 Å². The van der Waals surface area contributed by atoms with Gasteiger partial charge in [0.1, 0.15) is 12.6 Å². The number of hydrogen-bond acceptors (Lipinski definition) is 3. The standard InChI is InChI=1S/C25H23NO4/c1-16(17-9-3-2-4-10-17)23(24(27)28)26-25(29)30-15-22-20-13-7-5-11-18(20)19-12-6-8-14-21(19)22/h2-14,16,22-23H,15H2,1H3,(H,26,29)(H,27,28)/t16-,23-/m1/s1. The van der Waals surface area contributed by atoms with Crippen LogP contribution >= 0.6 is 0 Å². The third kappa shape index (κ3) is 3.79. The molecule has 0 heterocycles. The Kier molecular flexibility index (Phi) is 5.53. The monoisotopic (exact) mass is 401 g/mol. The molecule has 2 N–H and O–H groups in total. The minimum absolute atomic E-state index is 0.0713. The first-order valence-corrected chi connectivity index (χ1v) is 9.95. The number of fused-ring (bicyclic) bond motifs is 3. The topological polar surface area (TPSA) is 75.6 Å². The van der Waals surface area contributed by atoms with Crippen molar-refractivity contribution in [3.8, 4) is 11.1 Å². The van der Waals surface area contributed by atoms with Crippen molar-refractivity contribution in [3.63, 3.8) is 0 Å². The first-order valence-electron chi connectivity index (χ1n) is 9.95. The minimum Gasteiger partial charge on any atom is -0.480 e. The Morgan fingerprint density at radius 3 is 2.00 bits per heavy atom. The zero-order chi connectivity index (χ0) is 21.1. The van der Waals surface area contributed by atoms with Crippen molar-refractivity contribution in [2.45, 2.75) is 24.8 Å². The number of benzene rings is 3. The lowest BCUT2D eigenvalue weighted by Crippen LogP contribution is -2.44. The van der Waals surface area contributed by atoms with Crippen molar-refractivity contribution < 1.29 is 19.4 Å². The van der Waals surface area contributed by atoms with Crippen molar-refractivity contribution in [2.75, 3.05) is 6.61 Å². The van der Waals surface area contributed by atoms with Crippen LogP contribution in [0.4, 0.5) is 4.79 Å². The summed E-state index contributed by atoms with van der Waals surface area (Å²) < 4.78 is 5.49. The molecule has 0 bridgehead atoms. The van der Waals surface area contributed by atoms with Crippen LogP contribution in [-0.4, -0.2) is 29.8 Å². The van der Waals surface area contributed by atoms with E-state index >= 15 is 0 Å². The fourth-order valence-corrected chi connectivity index (χ4v) is 4.12. The van der Waals surface area contributed by atoms with Gasteiger partial charge in [0, 0.05) is 11.8 Å². The molecule has 0 saturated heterocycles. The summed E-state index contributed by atoms with van der Waals surface area (Å²) >= 11 is 0. The van der Waals surface area contributed by atoms with Gasteiger partial charge in [-0.25, -0.2) is 9.59 Å². The van der Waals surface area contributed by atoms with Gasteiger partial charge in [-0.2, -0.15) is 0 Å². The molecule has 0 aliphatic heterocycles. The van der Waals surface area contributed by atoms with Crippen molar-refractivity contribution in [2.24, 2.45) is 0 Å². The minimum atomic E-state index is -1.10. The van der Waals surface area contributed by atoms with Crippen LogP contribution in [0.15, 0.2) is 78.9 Å². The highest BCUT2D eigenvalue weighted by Gasteiger charge is 2.31. The summed E-state index contributed by atoms with van der Waals surface area (Å²) in [6, 6.07) is 24.3. The molecule has 1 aliphatic carbocycles.